The molecule has 3 aliphatic carbocycles. The predicted molar refractivity (Wildman–Crippen MR) is 139 cm³/mol. The Morgan fingerprint density at radius 2 is 1.93 bits per heavy atom. The third kappa shape index (κ3) is 3.99. The Labute approximate surface area is 232 Å². The number of fused-ring (bicyclic) bond motifs is 3. The van der Waals surface area contributed by atoms with Crippen molar-refractivity contribution in [1.82, 2.24) is 9.88 Å². The minimum atomic E-state index is -4.37. The number of ketones is 2. The molecule has 0 unspecified atom stereocenters. The number of carbonyl (C=O) groups excluding carboxylic acids is 3. The highest BCUT2D eigenvalue weighted by molar-refractivity contribution is 7.92. The average molecular weight is 589 g/mol. The summed E-state index contributed by atoms with van der Waals surface area (Å²) in [6.07, 6.45) is 1.83. The third-order valence-electron chi connectivity index (χ3n) is 7.86. The van der Waals surface area contributed by atoms with Gasteiger partial charge < -0.3 is 26.2 Å². The Balaban J connectivity index is 1.66. The van der Waals surface area contributed by atoms with Gasteiger partial charge in [0.15, 0.2) is 17.1 Å². The number of aliphatic hydroxyl groups excluding tert-OH is 2. The molecule has 13 nitrogen and oxygen atoms in total. The van der Waals surface area contributed by atoms with E-state index in [1.165, 1.54) is 37.3 Å². The molecule has 0 bridgehead atoms. The molecule has 1 amide bonds. The summed E-state index contributed by atoms with van der Waals surface area (Å²) in [6, 6.07) is 2.06. The summed E-state index contributed by atoms with van der Waals surface area (Å²) >= 11 is 0. The van der Waals surface area contributed by atoms with E-state index in [0.717, 1.165) is 6.20 Å². The number of halogens is 1. The van der Waals surface area contributed by atoms with Crippen molar-refractivity contribution in [3.8, 4) is 5.75 Å². The first kappa shape index (κ1) is 28.2. The number of rotatable bonds is 5. The molecule has 2 aromatic rings. The van der Waals surface area contributed by atoms with Crippen LogP contribution in [-0.2, 0) is 26.0 Å². The SMILES string of the molecule is CN(C)[C@@H]1C(O)=C(C(N)=O)C(=O)[C@@]2(O)C(O)=C3C(=O)c4c(O)c(NS(=O)(=O)c5cccnc5)cc(F)c4C[C@H]3C[C@@H]12. The number of aromatic hydroxyl groups is 1. The van der Waals surface area contributed by atoms with Crippen LogP contribution in [-0.4, -0.2) is 81.9 Å². The molecule has 7 N–H and O–H groups in total. The first-order valence-corrected chi connectivity index (χ1v) is 13.7. The summed E-state index contributed by atoms with van der Waals surface area (Å²) in [5, 5.41) is 44.6. The second-order valence-electron chi connectivity index (χ2n) is 10.4. The van der Waals surface area contributed by atoms with Crippen LogP contribution in [0, 0.1) is 17.7 Å². The van der Waals surface area contributed by atoms with Crippen molar-refractivity contribution in [3.63, 3.8) is 0 Å². The van der Waals surface area contributed by atoms with Gasteiger partial charge in [-0.05, 0) is 45.0 Å². The van der Waals surface area contributed by atoms with Gasteiger partial charge in [0, 0.05) is 35.5 Å². The number of primary amides is 1. The molecular weight excluding hydrogens is 563 g/mol. The van der Waals surface area contributed by atoms with E-state index in [0.29, 0.717) is 6.07 Å². The van der Waals surface area contributed by atoms with Gasteiger partial charge in [-0.2, -0.15) is 0 Å². The number of nitrogens with two attached hydrogens (primary N) is 1. The molecule has 1 aromatic carbocycles. The zero-order chi connectivity index (χ0) is 30.2. The van der Waals surface area contributed by atoms with Crippen molar-refractivity contribution < 1.29 is 47.6 Å². The van der Waals surface area contributed by atoms with Crippen LogP contribution in [0.25, 0.3) is 0 Å². The van der Waals surface area contributed by atoms with Gasteiger partial charge in [-0.25, -0.2) is 12.8 Å². The fourth-order valence-corrected chi connectivity index (χ4v) is 7.08. The van der Waals surface area contributed by atoms with Gasteiger partial charge in [0.25, 0.3) is 15.9 Å². The highest BCUT2D eigenvalue weighted by atomic mass is 32.2. The van der Waals surface area contributed by atoms with Crippen LogP contribution < -0.4 is 10.5 Å². The predicted octanol–water partition coefficient (Wildman–Crippen LogP) is 0.456. The minimum absolute atomic E-state index is 0.221. The fraction of sp³-hybridized carbons (Fsp3) is 0.308. The summed E-state index contributed by atoms with van der Waals surface area (Å²) in [6.45, 7) is 0. The summed E-state index contributed by atoms with van der Waals surface area (Å²) < 4.78 is 43.0. The number of amides is 1. The van der Waals surface area contributed by atoms with E-state index in [-0.39, 0.29) is 23.3 Å². The number of benzene rings is 1. The Kier molecular flexibility index (Phi) is 6.44. The zero-order valence-electron chi connectivity index (χ0n) is 21.6. The van der Waals surface area contributed by atoms with E-state index in [1.54, 1.807) is 0 Å². The molecule has 216 valence electrons. The normalized spacial score (nSPS) is 26.0. The number of hydrogen-bond donors (Lipinski definition) is 6. The van der Waals surface area contributed by atoms with E-state index < -0.39 is 96.5 Å². The zero-order valence-corrected chi connectivity index (χ0v) is 22.4. The van der Waals surface area contributed by atoms with Crippen LogP contribution in [0.3, 0.4) is 0 Å². The topological polar surface area (TPSA) is 220 Å². The summed E-state index contributed by atoms with van der Waals surface area (Å²) in [5.74, 6) is -10.0. The highest BCUT2D eigenvalue weighted by Gasteiger charge is 2.63. The van der Waals surface area contributed by atoms with Crippen LogP contribution in [0.2, 0.25) is 0 Å². The van der Waals surface area contributed by atoms with Crippen molar-refractivity contribution in [1.29, 1.82) is 0 Å². The lowest BCUT2D eigenvalue weighted by Crippen LogP contribution is -2.63. The molecule has 41 heavy (non-hydrogen) atoms. The van der Waals surface area contributed by atoms with Crippen molar-refractivity contribution in [3.05, 3.63) is 70.2 Å². The standard InChI is InChI=1S/C26H25FN4O9S/c1-31(2)19-13-7-10-6-12-14(27)8-15(30-41(39,40)11-4-3-5-29-9-11)20(32)17(12)21(33)16(10)23(35)26(13,38)24(36)18(22(19)34)25(28)37/h3-5,8-10,13,19,30,32,34-35,38H,6-7H2,1-2H3,(H2,28,37)/t10-,13-,19-,26-/m0/s1. The number of aromatic nitrogens is 1. The molecule has 0 saturated carbocycles. The van der Waals surface area contributed by atoms with Gasteiger partial charge in [0.2, 0.25) is 5.78 Å². The number of carbonyl (C=O) groups is 3. The number of phenols is 1. The lowest BCUT2D eigenvalue weighted by atomic mass is 9.58. The first-order chi connectivity index (χ1) is 19.1. The van der Waals surface area contributed by atoms with E-state index in [1.807, 2.05) is 4.72 Å². The number of allylic oxidation sites excluding steroid dienone is 1. The molecule has 0 fully saturated rings. The molecule has 1 aromatic heterocycles. The highest BCUT2D eigenvalue weighted by Crippen LogP contribution is 2.53. The molecule has 0 aliphatic heterocycles. The van der Waals surface area contributed by atoms with Gasteiger partial charge in [-0.3, -0.25) is 29.0 Å². The first-order valence-electron chi connectivity index (χ1n) is 12.2. The van der Waals surface area contributed by atoms with Crippen molar-refractivity contribution in [2.75, 3.05) is 18.8 Å². The van der Waals surface area contributed by atoms with Gasteiger partial charge in [-0.1, -0.05) is 0 Å². The van der Waals surface area contributed by atoms with E-state index in [9.17, 15) is 43.2 Å². The maximum absolute atomic E-state index is 15.4. The van der Waals surface area contributed by atoms with Crippen molar-refractivity contribution >= 4 is 33.2 Å². The molecule has 3 aliphatic rings. The van der Waals surface area contributed by atoms with Crippen LogP contribution in [0.15, 0.2) is 58.2 Å². The lowest BCUT2D eigenvalue weighted by molar-refractivity contribution is -0.148. The fourth-order valence-electron chi connectivity index (χ4n) is 6.06. The quantitative estimate of drug-likeness (QED) is 0.208. The van der Waals surface area contributed by atoms with Crippen LogP contribution >= 0.6 is 0 Å². The number of Topliss-reactive ketones (excluding diaryl/α,β-unsaturated/α-hetero) is 2. The van der Waals surface area contributed by atoms with Crippen LogP contribution in [0.4, 0.5) is 10.1 Å². The average Bonchev–Trinajstić information content (AvgIpc) is 2.89. The number of likely N-dealkylation sites (N-methyl/N-ethyl adjacent to an activating group) is 1. The molecule has 4 atom stereocenters. The summed E-state index contributed by atoms with van der Waals surface area (Å²) in [5.41, 5.74) is -0.647. The second kappa shape index (κ2) is 9.36. The van der Waals surface area contributed by atoms with Gasteiger partial charge in [0.1, 0.15) is 27.8 Å². The smallest absolute Gasteiger partial charge is 0.263 e. The molecule has 0 spiro atoms. The largest absolute Gasteiger partial charge is 0.510 e. The molecule has 15 heteroatoms. The third-order valence-corrected chi connectivity index (χ3v) is 9.21. The molecule has 0 radical (unpaired) electrons. The van der Waals surface area contributed by atoms with Gasteiger partial charge in [0.05, 0.1) is 17.3 Å². The number of hydrogen-bond acceptors (Lipinski definition) is 11. The number of sulfonamides is 1. The Hall–Kier alpha value is -4.34. The van der Waals surface area contributed by atoms with E-state index in [4.69, 9.17) is 5.73 Å². The van der Waals surface area contributed by atoms with Crippen molar-refractivity contribution in [2.24, 2.45) is 17.6 Å². The van der Waals surface area contributed by atoms with Crippen molar-refractivity contribution in [2.45, 2.75) is 29.4 Å². The second-order valence-corrected chi connectivity index (χ2v) is 12.0. The van der Waals surface area contributed by atoms with E-state index >= 15 is 4.39 Å². The Morgan fingerprint density at radius 3 is 2.51 bits per heavy atom. The maximum Gasteiger partial charge on any atom is 0.263 e. The van der Waals surface area contributed by atoms with Gasteiger partial charge >= 0.3 is 0 Å². The summed E-state index contributed by atoms with van der Waals surface area (Å²) in [7, 11) is -1.40. The van der Waals surface area contributed by atoms with Crippen LogP contribution in [0.5, 0.6) is 5.75 Å². The van der Waals surface area contributed by atoms with E-state index in [2.05, 4.69) is 4.98 Å². The number of nitrogens with one attached hydrogen (secondary N) is 1. The Bertz CT molecular complexity index is 1700. The molecule has 1 heterocycles. The molecule has 0 saturated heterocycles. The Morgan fingerprint density at radius 1 is 1.24 bits per heavy atom. The molecule has 5 rings (SSSR count). The number of nitrogens with zero attached hydrogens (tertiary/aromatic N) is 2. The van der Waals surface area contributed by atoms with Gasteiger partial charge in [-0.15, -0.1) is 0 Å². The summed E-state index contributed by atoms with van der Waals surface area (Å²) in [4.78, 5) is 43.9. The number of pyridine rings is 1. The van der Waals surface area contributed by atoms with Crippen LogP contribution in [0.1, 0.15) is 22.3 Å². The monoisotopic (exact) mass is 588 g/mol. The minimum Gasteiger partial charge on any atom is -0.510 e. The number of phenolic OH excluding ortho intramolecular Hbond substituents is 1. The molecular formula is C26H25FN4O9S. The lowest BCUT2D eigenvalue weighted by Gasteiger charge is -2.50. The maximum atomic E-state index is 15.4. The number of anilines is 1. The number of aliphatic hydroxyl groups is 3.